The molecule has 7 heteroatoms. The number of carboxylic acids is 1. The molecule has 21 heavy (non-hydrogen) atoms. The first-order valence-electron chi connectivity index (χ1n) is 6.92. The van der Waals surface area contributed by atoms with Gasteiger partial charge in [-0.2, -0.15) is 0 Å². The fraction of sp³-hybridized carbons (Fsp3) is 0.571. The minimum atomic E-state index is -0.922. The van der Waals surface area contributed by atoms with Crippen LogP contribution < -0.4 is 5.32 Å². The van der Waals surface area contributed by atoms with E-state index in [-0.39, 0.29) is 17.6 Å². The highest BCUT2D eigenvalue weighted by molar-refractivity contribution is 7.14. The zero-order valence-corrected chi connectivity index (χ0v) is 12.8. The molecule has 0 spiro atoms. The van der Waals surface area contributed by atoms with Gasteiger partial charge in [-0.25, -0.2) is 4.98 Å². The van der Waals surface area contributed by atoms with Crippen LogP contribution >= 0.6 is 11.3 Å². The molecule has 1 aromatic rings. The zero-order valence-electron chi connectivity index (χ0n) is 12.0. The molecule has 0 bridgehead atoms. The molecule has 1 aliphatic rings. The summed E-state index contributed by atoms with van der Waals surface area (Å²) in [5, 5.41) is 13.8. The van der Waals surface area contributed by atoms with Crippen LogP contribution in [0.25, 0.3) is 0 Å². The number of nitrogens with zero attached hydrogens (tertiary/aromatic N) is 1. The molecule has 1 saturated carbocycles. The molecule has 1 aliphatic carbocycles. The smallest absolute Gasteiger partial charge is 0.307 e. The van der Waals surface area contributed by atoms with E-state index in [9.17, 15) is 19.5 Å². The Morgan fingerprint density at radius 2 is 2.05 bits per heavy atom. The van der Waals surface area contributed by atoms with Gasteiger partial charge in [0.25, 0.3) is 0 Å². The van der Waals surface area contributed by atoms with Crippen LogP contribution in [-0.2, 0) is 9.59 Å². The Hall–Kier alpha value is -1.76. The molecule has 1 amide bonds. The van der Waals surface area contributed by atoms with Crippen molar-refractivity contribution in [3.63, 3.8) is 0 Å². The Balaban J connectivity index is 2.07. The quantitative estimate of drug-likeness (QED) is 0.814. The van der Waals surface area contributed by atoms with E-state index in [0.717, 1.165) is 6.42 Å². The molecule has 3 atom stereocenters. The van der Waals surface area contributed by atoms with Crippen molar-refractivity contribution in [3.05, 3.63) is 11.1 Å². The maximum Gasteiger partial charge on any atom is 0.307 e. The molecule has 2 rings (SSSR count). The van der Waals surface area contributed by atoms with Gasteiger partial charge in [0.15, 0.2) is 10.9 Å². The van der Waals surface area contributed by atoms with Crippen molar-refractivity contribution in [2.45, 2.75) is 33.1 Å². The highest BCUT2D eigenvalue weighted by Crippen LogP contribution is 2.39. The van der Waals surface area contributed by atoms with Gasteiger partial charge in [0, 0.05) is 12.3 Å². The summed E-state index contributed by atoms with van der Waals surface area (Å²) in [6.45, 7) is 3.41. The Bertz CT molecular complexity index is 569. The SMILES string of the molecule is CCC1CC(C(=O)O)C(C(=O)Nc2nc(C(C)=O)cs2)C1. The van der Waals surface area contributed by atoms with Gasteiger partial charge in [0.2, 0.25) is 5.91 Å². The number of Topliss-reactive ketones (excluding diaryl/α,β-unsaturated/α-hetero) is 1. The molecule has 1 fully saturated rings. The van der Waals surface area contributed by atoms with E-state index in [2.05, 4.69) is 10.3 Å². The van der Waals surface area contributed by atoms with Gasteiger partial charge in [-0.05, 0) is 18.8 Å². The minimum Gasteiger partial charge on any atom is -0.481 e. The molecule has 0 radical (unpaired) electrons. The first kappa shape index (κ1) is 15.6. The number of carbonyl (C=O) groups is 3. The number of anilines is 1. The highest BCUT2D eigenvalue weighted by Gasteiger charge is 2.42. The number of aromatic nitrogens is 1. The molecular formula is C14H18N2O4S. The molecule has 6 nitrogen and oxygen atoms in total. The number of hydrogen-bond donors (Lipinski definition) is 2. The van der Waals surface area contributed by atoms with Crippen LogP contribution in [0.15, 0.2) is 5.38 Å². The lowest BCUT2D eigenvalue weighted by atomic mass is 9.95. The molecule has 114 valence electrons. The minimum absolute atomic E-state index is 0.165. The first-order valence-corrected chi connectivity index (χ1v) is 7.80. The summed E-state index contributed by atoms with van der Waals surface area (Å²) in [6, 6.07) is 0. The topological polar surface area (TPSA) is 96.4 Å². The number of thiazole rings is 1. The largest absolute Gasteiger partial charge is 0.481 e. The van der Waals surface area contributed by atoms with Crippen molar-refractivity contribution in [3.8, 4) is 0 Å². The van der Waals surface area contributed by atoms with E-state index >= 15 is 0 Å². The van der Waals surface area contributed by atoms with Crippen molar-refractivity contribution in [1.29, 1.82) is 0 Å². The Kier molecular flexibility index (Phi) is 4.72. The summed E-state index contributed by atoms with van der Waals surface area (Å²) in [5.74, 6) is -2.30. The second-order valence-corrected chi connectivity index (χ2v) is 6.24. The second-order valence-electron chi connectivity index (χ2n) is 5.38. The van der Waals surface area contributed by atoms with Crippen molar-refractivity contribution >= 4 is 34.1 Å². The molecule has 0 aromatic carbocycles. The highest BCUT2D eigenvalue weighted by atomic mass is 32.1. The molecule has 0 saturated heterocycles. The lowest BCUT2D eigenvalue weighted by Gasteiger charge is -2.14. The number of carbonyl (C=O) groups excluding carboxylic acids is 2. The van der Waals surface area contributed by atoms with Crippen LogP contribution in [0.2, 0.25) is 0 Å². The lowest BCUT2D eigenvalue weighted by molar-refractivity contribution is -0.145. The predicted molar refractivity (Wildman–Crippen MR) is 78.4 cm³/mol. The number of nitrogens with one attached hydrogen (secondary N) is 1. The number of carboxylic acid groups (broad SMARTS) is 1. The first-order chi connectivity index (χ1) is 9.92. The van der Waals surface area contributed by atoms with E-state index in [1.165, 1.54) is 18.3 Å². The van der Waals surface area contributed by atoms with E-state index < -0.39 is 17.8 Å². The van der Waals surface area contributed by atoms with E-state index in [1.807, 2.05) is 6.92 Å². The molecular weight excluding hydrogens is 292 g/mol. The standard InChI is InChI=1S/C14H18N2O4S/c1-3-8-4-9(10(5-8)13(19)20)12(18)16-14-15-11(6-21-14)7(2)17/h6,8-10H,3-5H2,1-2H3,(H,19,20)(H,15,16,18). The number of amides is 1. The lowest BCUT2D eigenvalue weighted by Crippen LogP contribution is -2.30. The van der Waals surface area contributed by atoms with Gasteiger partial charge in [-0.3, -0.25) is 14.4 Å². The number of aliphatic carboxylic acids is 1. The monoisotopic (exact) mass is 310 g/mol. The van der Waals surface area contributed by atoms with Crippen LogP contribution in [-0.4, -0.2) is 27.8 Å². The number of ketones is 1. The van der Waals surface area contributed by atoms with Crippen LogP contribution in [0, 0.1) is 17.8 Å². The van der Waals surface area contributed by atoms with Gasteiger partial charge in [-0.15, -0.1) is 11.3 Å². The van der Waals surface area contributed by atoms with Crippen LogP contribution in [0.3, 0.4) is 0 Å². The zero-order chi connectivity index (χ0) is 15.6. The summed E-state index contributed by atoms with van der Waals surface area (Å²) in [7, 11) is 0. The maximum absolute atomic E-state index is 12.3. The number of hydrogen-bond acceptors (Lipinski definition) is 5. The third-order valence-corrected chi connectivity index (χ3v) is 4.74. The van der Waals surface area contributed by atoms with Gasteiger partial charge in [0.1, 0.15) is 5.69 Å². The average molecular weight is 310 g/mol. The fourth-order valence-electron chi connectivity index (χ4n) is 2.73. The molecule has 1 heterocycles. The second kappa shape index (κ2) is 6.34. The Morgan fingerprint density at radius 3 is 2.57 bits per heavy atom. The predicted octanol–water partition coefficient (Wildman–Crippen LogP) is 2.42. The Morgan fingerprint density at radius 1 is 1.38 bits per heavy atom. The average Bonchev–Trinajstić information content (AvgIpc) is 3.04. The third-order valence-electron chi connectivity index (χ3n) is 3.99. The van der Waals surface area contributed by atoms with E-state index in [4.69, 9.17) is 0 Å². The molecule has 0 aliphatic heterocycles. The molecule has 3 unspecified atom stereocenters. The normalized spacial score (nSPS) is 24.8. The fourth-order valence-corrected chi connectivity index (χ4v) is 3.48. The van der Waals surface area contributed by atoms with Crippen LogP contribution in [0.5, 0.6) is 0 Å². The summed E-state index contributed by atoms with van der Waals surface area (Å²) >= 11 is 1.17. The molecule has 1 aromatic heterocycles. The van der Waals surface area contributed by atoms with Crippen LogP contribution in [0.1, 0.15) is 43.6 Å². The van der Waals surface area contributed by atoms with Gasteiger partial charge < -0.3 is 10.4 Å². The summed E-state index contributed by atoms with van der Waals surface area (Å²) in [5.41, 5.74) is 0.308. The summed E-state index contributed by atoms with van der Waals surface area (Å²) in [6.07, 6.45) is 2.00. The van der Waals surface area contributed by atoms with E-state index in [1.54, 1.807) is 5.38 Å². The summed E-state index contributed by atoms with van der Waals surface area (Å²) in [4.78, 5) is 38.8. The van der Waals surface area contributed by atoms with E-state index in [0.29, 0.717) is 23.7 Å². The molecule has 2 N–H and O–H groups in total. The van der Waals surface area contributed by atoms with Crippen molar-refractivity contribution in [2.24, 2.45) is 17.8 Å². The third kappa shape index (κ3) is 3.47. The van der Waals surface area contributed by atoms with Gasteiger partial charge in [0.05, 0.1) is 11.8 Å². The number of rotatable bonds is 5. The van der Waals surface area contributed by atoms with Gasteiger partial charge >= 0.3 is 5.97 Å². The summed E-state index contributed by atoms with van der Waals surface area (Å²) < 4.78 is 0. The van der Waals surface area contributed by atoms with Crippen molar-refractivity contribution in [2.75, 3.05) is 5.32 Å². The van der Waals surface area contributed by atoms with Crippen molar-refractivity contribution < 1.29 is 19.5 Å². The van der Waals surface area contributed by atoms with Gasteiger partial charge in [-0.1, -0.05) is 13.3 Å². The van der Waals surface area contributed by atoms with Crippen LogP contribution in [0.4, 0.5) is 5.13 Å². The Labute approximate surface area is 126 Å². The van der Waals surface area contributed by atoms with Crippen molar-refractivity contribution in [1.82, 2.24) is 4.98 Å². The maximum atomic E-state index is 12.3.